The topological polar surface area (TPSA) is 12.0 Å². The van der Waals surface area contributed by atoms with Crippen molar-refractivity contribution in [2.45, 2.75) is 6.54 Å². The average molecular weight is 268 g/mol. The van der Waals surface area contributed by atoms with Crippen molar-refractivity contribution in [3.05, 3.63) is 58.6 Å². The van der Waals surface area contributed by atoms with Gasteiger partial charge in [-0.15, -0.1) is 0 Å². The Morgan fingerprint density at radius 1 is 1.11 bits per heavy atom. The van der Waals surface area contributed by atoms with E-state index in [1.165, 1.54) is 6.07 Å². The molecule has 94 valence electrons. The minimum Gasteiger partial charge on any atom is -0.316 e. The van der Waals surface area contributed by atoms with Gasteiger partial charge in [0.2, 0.25) is 0 Å². The third-order valence-electron chi connectivity index (χ3n) is 2.68. The minimum absolute atomic E-state index is 0.225. The maximum atomic E-state index is 13.8. The second-order valence-electron chi connectivity index (χ2n) is 3.93. The van der Waals surface area contributed by atoms with Crippen LogP contribution >= 0.6 is 11.6 Å². The van der Waals surface area contributed by atoms with Gasteiger partial charge < -0.3 is 5.32 Å². The highest BCUT2D eigenvalue weighted by atomic mass is 35.5. The van der Waals surface area contributed by atoms with Crippen molar-refractivity contribution >= 4 is 11.6 Å². The van der Waals surface area contributed by atoms with Crippen molar-refractivity contribution in [3.8, 4) is 11.1 Å². The Morgan fingerprint density at radius 3 is 2.61 bits per heavy atom. The fourth-order valence-electron chi connectivity index (χ4n) is 1.86. The van der Waals surface area contributed by atoms with Crippen molar-refractivity contribution in [2.24, 2.45) is 0 Å². The molecule has 2 aromatic carbocycles. The highest BCUT2D eigenvalue weighted by molar-refractivity contribution is 6.30. The lowest BCUT2D eigenvalue weighted by atomic mass is 9.99. The van der Waals surface area contributed by atoms with Crippen LogP contribution in [0, 0.1) is 11.6 Å². The molecule has 0 atom stereocenters. The molecular weight excluding hydrogens is 256 g/mol. The first-order chi connectivity index (χ1) is 8.63. The largest absolute Gasteiger partial charge is 0.316 e. The molecule has 18 heavy (non-hydrogen) atoms. The molecule has 0 saturated heterocycles. The third-order valence-corrected chi connectivity index (χ3v) is 2.92. The van der Waals surface area contributed by atoms with Crippen LogP contribution in [-0.2, 0) is 6.54 Å². The Kier molecular flexibility index (Phi) is 3.94. The van der Waals surface area contributed by atoms with Gasteiger partial charge in [0.1, 0.15) is 0 Å². The van der Waals surface area contributed by atoms with Crippen molar-refractivity contribution in [1.82, 2.24) is 5.32 Å². The summed E-state index contributed by atoms with van der Waals surface area (Å²) in [6.45, 7) is 0.558. The number of rotatable bonds is 3. The summed E-state index contributed by atoms with van der Waals surface area (Å²) < 4.78 is 27.1. The van der Waals surface area contributed by atoms with E-state index in [4.69, 9.17) is 11.6 Å². The molecule has 0 bridgehead atoms. The number of hydrogen-bond donors (Lipinski definition) is 1. The Morgan fingerprint density at radius 2 is 1.89 bits per heavy atom. The van der Waals surface area contributed by atoms with Crippen LogP contribution in [0.1, 0.15) is 5.56 Å². The molecule has 4 heteroatoms. The van der Waals surface area contributed by atoms with Crippen LogP contribution in [-0.4, -0.2) is 7.05 Å². The molecule has 0 saturated carbocycles. The van der Waals surface area contributed by atoms with Gasteiger partial charge in [0.15, 0.2) is 11.6 Å². The molecule has 0 aliphatic rings. The van der Waals surface area contributed by atoms with Gasteiger partial charge >= 0.3 is 0 Å². The standard InChI is InChI=1S/C14H12ClF2N/c1-18-8-9-5-6-10(15)7-12(9)11-3-2-4-13(16)14(11)17/h2-7,18H,8H2,1H3. The quantitative estimate of drug-likeness (QED) is 0.886. The van der Waals surface area contributed by atoms with Gasteiger partial charge in [-0.3, -0.25) is 0 Å². The van der Waals surface area contributed by atoms with Gasteiger partial charge in [-0.25, -0.2) is 8.78 Å². The number of halogens is 3. The van der Waals surface area contributed by atoms with Gasteiger partial charge in [0.05, 0.1) is 0 Å². The summed E-state index contributed by atoms with van der Waals surface area (Å²) in [4.78, 5) is 0. The lowest BCUT2D eigenvalue weighted by Gasteiger charge is -2.11. The molecule has 0 aliphatic heterocycles. The van der Waals surface area contributed by atoms with Gasteiger partial charge in [-0.2, -0.15) is 0 Å². The van der Waals surface area contributed by atoms with E-state index in [9.17, 15) is 8.78 Å². The summed E-state index contributed by atoms with van der Waals surface area (Å²) in [6.07, 6.45) is 0. The molecule has 0 radical (unpaired) electrons. The molecule has 0 heterocycles. The van der Waals surface area contributed by atoms with Crippen LogP contribution in [0.3, 0.4) is 0 Å². The van der Waals surface area contributed by atoms with E-state index in [0.29, 0.717) is 17.1 Å². The lowest BCUT2D eigenvalue weighted by molar-refractivity contribution is 0.511. The molecule has 2 rings (SSSR count). The highest BCUT2D eigenvalue weighted by Gasteiger charge is 2.13. The maximum absolute atomic E-state index is 13.8. The summed E-state index contributed by atoms with van der Waals surface area (Å²) in [6, 6.07) is 9.31. The summed E-state index contributed by atoms with van der Waals surface area (Å²) in [5.41, 5.74) is 1.70. The summed E-state index contributed by atoms with van der Waals surface area (Å²) in [5, 5.41) is 3.48. The summed E-state index contributed by atoms with van der Waals surface area (Å²) in [7, 11) is 1.79. The Balaban J connectivity index is 2.61. The summed E-state index contributed by atoms with van der Waals surface area (Å²) >= 11 is 5.92. The molecule has 0 aromatic heterocycles. The predicted molar refractivity (Wildman–Crippen MR) is 69.6 cm³/mol. The number of hydrogen-bond acceptors (Lipinski definition) is 1. The van der Waals surface area contributed by atoms with Crippen molar-refractivity contribution < 1.29 is 8.78 Å². The monoisotopic (exact) mass is 267 g/mol. The molecule has 0 spiro atoms. The van der Waals surface area contributed by atoms with Crippen LogP contribution in [0.25, 0.3) is 11.1 Å². The number of nitrogens with one attached hydrogen (secondary N) is 1. The average Bonchev–Trinajstić information content (AvgIpc) is 2.35. The molecule has 0 fully saturated rings. The van der Waals surface area contributed by atoms with Crippen LogP contribution in [0.15, 0.2) is 36.4 Å². The zero-order valence-electron chi connectivity index (χ0n) is 9.81. The molecule has 0 aliphatic carbocycles. The predicted octanol–water partition coefficient (Wildman–Crippen LogP) is 4.00. The zero-order valence-corrected chi connectivity index (χ0v) is 10.6. The van der Waals surface area contributed by atoms with E-state index < -0.39 is 11.6 Å². The van der Waals surface area contributed by atoms with E-state index in [2.05, 4.69) is 5.32 Å². The fourth-order valence-corrected chi connectivity index (χ4v) is 2.03. The zero-order chi connectivity index (χ0) is 13.1. The second kappa shape index (κ2) is 5.46. The van der Waals surface area contributed by atoms with Crippen LogP contribution in [0.4, 0.5) is 8.78 Å². The first kappa shape index (κ1) is 13.0. The first-order valence-electron chi connectivity index (χ1n) is 5.51. The normalized spacial score (nSPS) is 10.7. The van der Waals surface area contributed by atoms with E-state index in [1.807, 2.05) is 0 Å². The Bertz CT molecular complexity index is 570. The van der Waals surface area contributed by atoms with Crippen LogP contribution in [0.5, 0.6) is 0 Å². The van der Waals surface area contributed by atoms with Gasteiger partial charge in [0.25, 0.3) is 0 Å². The van der Waals surface area contributed by atoms with Gasteiger partial charge in [-0.1, -0.05) is 29.8 Å². The van der Waals surface area contributed by atoms with E-state index in [0.717, 1.165) is 11.6 Å². The smallest absolute Gasteiger partial charge is 0.166 e. The fraction of sp³-hybridized carbons (Fsp3) is 0.143. The van der Waals surface area contributed by atoms with Gasteiger partial charge in [-0.05, 0) is 36.4 Å². The minimum atomic E-state index is -0.858. The maximum Gasteiger partial charge on any atom is 0.166 e. The second-order valence-corrected chi connectivity index (χ2v) is 4.37. The SMILES string of the molecule is CNCc1ccc(Cl)cc1-c1cccc(F)c1F. The molecule has 1 nitrogen and oxygen atoms in total. The first-order valence-corrected chi connectivity index (χ1v) is 5.88. The van der Waals surface area contributed by atoms with E-state index in [-0.39, 0.29) is 5.56 Å². The Hall–Kier alpha value is -1.45. The van der Waals surface area contributed by atoms with E-state index in [1.54, 1.807) is 31.3 Å². The van der Waals surface area contributed by atoms with Crippen molar-refractivity contribution in [3.63, 3.8) is 0 Å². The third kappa shape index (κ3) is 2.52. The van der Waals surface area contributed by atoms with Gasteiger partial charge in [0, 0.05) is 17.1 Å². The molecular formula is C14H12ClF2N. The summed E-state index contributed by atoms with van der Waals surface area (Å²) in [5.74, 6) is -1.71. The highest BCUT2D eigenvalue weighted by Crippen LogP contribution is 2.30. The molecule has 0 amide bonds. The van der Waals surface area contributed by atoms with Crippen LogP contribution < -0.4 is 5.32 Å². The van der Waals surface area contributed by atoms with Crippen molar-refractivity contribution in [1.29, 1.82) is 0 Å². The Labute approximate surface area is 109 Å². The molecule has 0 unspecified atom stereocenters. The van der Waals surface area contributed by atoms with Crippen molar-refractivity contribution in [2.75, 3.05) is 7.05 Å². The number of benzene rings is 2. The van der Waals surface area contributed by atoms with E-state index >= 15 is 0 Å². The lowest BCUT2D eigenvalue weighted by Crippen LogP contribution is -2.06. The molecule has 1 N–H and O–H groups in total. The molecule has 2 aromatic rings. The van der Waals surface area contributed by atoms with Crippen LogP contribution in [0.2, 0.25) is 5.02 Å².